The highest BCUT2D eigenvalue weighted by Crippen LogP contribution is 2.46. The molecule has 9 nitrogen and oxygen atoms in total. The molecule has 0 aliphatic rings. The molecule has 168 valence electrons. The van der Waals surface area contributed by atoms with Crippen molar-refractivity contribution in [2.75, 3.05) is 26.6 Å². The Balaban J connectivity index is 1.93. The topological polar surface area (TPSA) is 113 Å². The molecule has 0 saturated carbocycles. The average Bonchev–Trinajstić information content (AvgIpc) is 3.20. The van der Waals surface area contributed by atoms with E-state index in [2.05, 4.69) is 10.3 Å². The fourth-order valence-corrected chi connectivity index (χ4v) is 5.37. The van der Waals surface area contributed by atoms with Gasteiger partial charge >= 0.3 is 0 Å². The quantitative estimate of drug-likeness (QED) is 0.296. The van der Waals surface area contributed by atoms with Crippen LogP contribution in [0.4, 0.5) is 11.4 Å². The first-order chi connectivity index (χ1) is 15.3. The van der Waals surface area contributed by atoms with Crippen LogP contribution in [-0.2, 0) is 0 Å². The van der Waals surface area contributed by atoms with Crippen LogP contribution in [0.15, 0.2) is 39.7 Å². The monoisotopic (exact) mass is 515 g/mol. The van der Waals surface area contributed by atoms with E-state index in [1.165, 1.54) is 39.8 Å². The summed E-state index contributed by atoms with van der Waals surface area (Å²) in [4.78, 5) is 28.2. The molecule has 0 aliphatic heterocycles. The molecular formula is C19H15Cl2N3O6S2. The average molecular weight is 516 g/mol. The van der Waals surface area contributed by atoms with Crippen LogP contribution in [-0.4, -0.2) is 37.1 Å². The number of rotatable bonds is 8. The van der Waals surface area contributed by atoms with Gasteiger partial charge < -0.3 is 19.5 Å². The molecule has 0 atom stereocenters. The number of carbonyl (C=O) groups is 1. The number of nitrogens with one attached hydrogen (secondary N) is 1. The molecule has 0 fully saturated rings. The van der Waals surface area contributed by atoms with Gasteiger partial charge in [0.15, 0.2) is 11.5 Å². The van der Waals surface area contributed by atoms with Gasteiger partial charge in [0.1, 0.15) is 9.09 Å². The number of aromatic nitrogens is 1. The van der Waals surface area contributed by atoms with E-state index in [1.807, 2.05) is 0 Å². The number of carbonyl (C=O) groups excluding carboxylic acids is 1. The molecule has 2 aromatic heterocycles. The van der Waals surface area contributed by atoms with Crippen molar-refractivity contribution in [2.45, 2.75) is 9.10 Å². The van der Waals surface area contributed by atoms with Gasteiger partial charge in [-0.3, -0.25) is 19.9 Å². The normalized spacial score (nSPS) is 10.5. The number of nitro groups is 1. The molecule has 13 heteroatoms. The van der Waals surface area contributed by atoms with Crippen molar-refractivity contribution in [2.24, 2.45) is 0 Å². The van der Waals surface area contributed by atoms with Gasteiger partial charge in [-0.2, -0.15) is 0 Å². The SMILES string of the molecule is COc1cc(NC(=O)c2cc([N+](=O)[O-])c(Sc3c(Cl)cncc3Cl)s2)cc(OC)c1OC. The molecule has 1 aromatic carbocycles. The Morgan fingerprint density at radius 1 is 1.09 bits per heavy atom. The Morgan fingerprint density at radius 2 is 1.69 bits per heavy atom. The van der Waals surface area contributed by atoms with E-state index in [4.69, 9.17) is 37.4 Å². The Bertz CT molecular complexity index is 1140. The lowest BCUT2D eigenvalue weighted by atomic mass is 10.2. The number of hydrogen-bond donors (Lipinski definition) is 1. The molecule has 0 bridgehead atoms. The fourth-order valence-electron chi connectivity index (χ4n) is 2.61. The fraction of sp³-hybridized carbons (Fsp3) is 0.158. The van der Waals surface area contributed by atoms with Crippen molar-refractivity contribution < 1.29 is 23.9 Å². The second-order valence-corrected chi connectivity index (χ2v) is 9.09. The number of methoxy groups -OCH3 is 3. The third-order valence-electron chi connectivity index (χ3n) is 4.03. The minimum absolute atomic E-state index is 0.120. The van der Waals surface area contributed by atoms with E-state index < -0.39 is 10.8 Å². The van der Waals surface area contributed by atoms with Gasteiger partial charge in [0.05, 0.1) is 41.2 Å². The van der Waals surface area contributed by atoms with Crippen LogP contribution in [0.3, 0.4) is 0 Å². The molecule has 0 radical (unpaired) electrons. The lowest BCUT2D eigenvalue weighted by Gasteiger charge is -2.14. The maximum atomic E-state index is 12.8. The first-order valence-electron chi connectivity index (χ1n) is 8.65. The predicted octanol–water partition coefficient (Wildman–Crippen LogP) is 5.79. The van der Waals surface area contributed by atoms with Crippen molar-refractivity contribution in [1.82, 2.24) is 4.98 Å². The maximum Gasteiger partial charge on any atom is 0.294 e. The zero-order valence-corrected chi connectivity index (χ0v) is 19.9. The number of benzene rings is 1. The van der Waals surface area contributed by atoms with Crippen LogP contribution in [0.1, 0.15) is 9.67 Å². The second-order valence-electron chi connectivity index (χ2n) is 5.94. The summed E-state index contributed by atoms with van der Waals surface area (Å²) in [6, 6.07) is 4.30. The van der Waals surface area contributed by atoms with Crippen LogP contribution < -0.4 is 19.5 Å². The number of halogens is 2. The van der Waals surface area contributed by atoms with Crippen LogP contribution in [0.2, 0.25) is 10.0 Å². The summed E-state index contributed by atoms with van der Waals surface area (Å²) >= 11 is 14.2. The lowest BCUT2D eigenvalue weighted by molar-refractivity contribution is -0.387. The van der Waals surface area contributed by atoms with E-state index in [0.717, 1.165) is 23.1 Å². The number of anilines is 1. The number of hydrogen-bond acceptors (Lipinski definition) is 9. The molecule has 1 N–H and O–H groups in total. The van der Waals surface area contributed by atoms with Gasteiger partial charge in [-0.25, -0.2) is 0 Å². The van der Waals surface area contributed by atoms with Crippen molar-refractivity contribution in [1.29, 1.82) is 0 Å². The van der Waals surface area contributed by atoms with Gasteiger partial charge in [0.2, 0.25) is 5.75 Å². The molecule has 0 aliphatic carbocycles. The summed E-state index contributed by atoms with van der Waals surface area (Å²) in [5, 5.41) is 14.7. The third kappa shape index (κ3) is 5.01. The molecule has 0 unspecified atom stereocenters. The van der Waals surface area contributed by atoms with Gasteiger partial charge in [-0.15, -0.1) is 11.3 Å². The number of ether oxygens (including phenoxy) is 3. The number of amides is 1. The lowest BCUT2D eigenvalue weighted by Crippen LogP contribution is -2.10. The number of thiophene rings is 1. The summed E-state index contributed by atoms with van der Waals surface area (Å²) < 4.78 is 16.1. The largest absolute Gasteiger partial charge is 0.493 e. The minimum atomic E-state index is -0.571. The van der Waals surface area contributed by atoms with Crippen molar-refractivity contribution in [3.05, 3.63) is 55.6 Å². The summed E-state index contributed by atoms with van der Waals surface area (Å²) in [5.41, 5.74) is 0.119. The highest BCUT2D eigenvalue weighted by molar-refractivity contribution is 8.01. The Morgan fingerprint density at radius 3 is 2.19 bits per heavy atom. The first kappa shape index (κ1) is 23.9. The van der Waals surface area contributed by atoms with Crippen LogP contribution in [0, 0.1) is 10.1 Å². The Hall–Kier alpha value is -2.73. The van der Waals surface area contributed by atoms with Gasteiger partial charge in [0.25, 0.3) is 11.6 Å². The van der Waals surface area contributed by atoms with E-state index in [0.29, 0.717) is 27.8 Å². The third-order valence-corrected chi connectivity index (χ3v) is 7.28. The maximum absolute atomic E-state index is 12.8. The standard InChI is InChI=1S/C19H15Cl2N3O6S2/c1-28-13-4-9(5-14(29-2)16(13)30-3)23-18(25)15-6-12(24(26)27)19(31-15)32-17-10(20)7-22-8-11(17)21/h4-8H,1-3H3,(H,23,25). The summed E-state index contributed by atoms with van der Waals surface area (Å²) in [5.74, 6) is 0.505. The van der Waals surface area contributed by atoms with E-state index >= 15 is 0 Å². The van der Waals surface area contributed by atoms with Crippen molar-refractivity contribution >= 4 is 63.6 Å². The van der Waals surface area contributed by atoms with Gasteiger partial charge in [0, 0.05) is 36.3 Å². The number of nitrogens with zero attached hydrogens (tertiary/aromatic N) is 2. The minimum Gasteiger partial charge on any atom is -0.493 e. The smallest absolute Gasteiger partial charge is 0.294 e. The molecule has 0 spiro atoms. The van der Waals surface area contributed by atoms with Crippen molar-refractivity contribution in [3.63, 3.8) is 0 Å². The molecule has 3 aromatic rings. The molecule has 32 heavy (non-hydrogen) atoms. The van der Waals surface area contributed by atoms with E-state index in [9.17, 15) is 14.9 Å². The number of pyridine rings is 1. The Labute approximate surface area is 200 Å². The molecule has 2 heterocycles. The molecule has 3 rings (SSSR count). The van der Waals surface area contributed by atoms with E-state index in [-0.39, 0.29) is 24.8 Å². The second kappa shape index (κ2) is 10.3. The van der Waals surface area contributed by atoms with Crippen molar-refractivity contribution in [3.8, 4) is 17.2 Å². The van der Waals surface area contributed by atoms with Gasteiger partial charge in [-0.05, 0) is 0 Å². The van der Waals surface area contributed by atoms with Crippen LogP contribution >= 0.6 is 46.3 Å². The predicted molar refractivity (Wildman–Crippen MR) is 123 cm³/mol. The summed E-state index contributed by atoms with van der Waals surface area (Å²) in [7, 11) is 4.36. The summed E-state index contributed by atoms with van der Waals surface area (Å²) in [6.45, 7) is 0. The first-order valence-corrected chi connectivity index (χ1v) is 11.0. The molecule has 1 amide bonds. The highest BCUT2D eigenvalue weighted by Gasteiger charge is 2.25. The van der Waals surface area contributed by atoms with Crippen LogP contribution in [0.5, 0.6) is 17.2 Å². The van der Waals surface area contributed by atoms with E-state index in [1.54, 1.807) is 12.1 Å². The Kier molecular flexibility index (Phi) is 7.67. The summed E-state index contributed by atoms with van der Waals surface area (Å²) in [6.07, 6.45) is 2.76. The van der Waals surface area contributed by atoms with Crippen LogP contribution in [0.25, 0.3) is 0 Å². The zero-order valence-electron chi connectivity index (χ0n) is 16.8. The highest BCUT2D eigenvalue weighted by atomic mass is 35.5. The van der Waals surface area contributed by atoms with Gasteiger partial charge in [-0.1, -0.05) is 35.0 Å². The zero-order chi connectivity index (χ0) is 23.4. The molecule has 0 saturated heterocycles. The molecular weight excluding hydrogens is 501 g/mol.